The van der Waals surface area contributed by atoms with Crippen molar-refractivity contribution in [3.05, 3.63) is 24.3 Å². The smallest absolute Gasteiger partial charge is 0.240 e. The lowest BCUT2D eigenvalue weighted by molar-refractivity contribution is -0.143. The van der Waals surface area contributed by atoms with E-state index in [2.05, 4.69) is 0 Å². The molecule has 6 nitrogen and oxygen atoms in total. The summed E-state index contributed by atoms with van der Waals surface area (Å²) in [7, 11) is -3.79. The quantitative estimate of drug-likeness (QED) is 0.806. The Balaban J connectivity index is 2.15. The fraction of sp³-hybridized carbons (Fsp3) is 0.500. The summed E-state index contributed by atoms with van der Waals surface area (Å²) in [5, 5.41) is 5.25. The largest absolute Gasteiger partial charge is 0.363 e. The molecule has 1 aromatic carbocycles. The van der Waals surface area contributed by atoms with Gasteiger partial charge in [-0.3, -0.25) is 0 Å². The molecule has 1 atom stereocenters. The first-order valence-electron chi connectivity index (χ1n) is 6.26. The topological polar surface area (TPSA) is 81.9 Å². The number of anilines is 1. The van der Waals surface area contributed by atoms with Crippen molar-refractivity contribution in [1.29, 1.82) is 0 Å². The van der Waals surface area contributed by atoms with Crippen molar-refractivity contribution in [2.45, 2.75) is 16.0 Å². The van der Waals surface area contributed by atoms with E-state index in [1.165, 1.54) is 6.07 Å². The van der Waals surface area contributed by atoms with Gasteiger partial charge in [-0.05, 0) is 12.1 Å². The van der Waals surface area contributed by atoms with E-state index in [0.717, 1.165) is 0 Å². The summed E-state index contributed by atoms with van der Waals surface area (Å²) < 4.78 is 34.2. The van der Waals surface area contributed by atoms with Crippen LogP contribution < -0.4 is 10.0 Å². The molecular weight excluding hydrogens is 339 g/mol. The normalized spacial score (nSPS) is 20.0. The molecular formula is C12H16Cl2N2O4S. The van der Waals surface area contributed by atoms with Gasteiger partial charge in [-0.25, -0.2) is 13.6 Å². The van der Waals surface area contributed by atoms with E-state index in [-0.39, 0.29) is 11.5 Å². The third-order valence-corrected chi connectivity index (χ3v) is 4.17. The van der Waals surface area contributed by atoms with Gasteiger partial charge in [0.25, 0.3) is 0 Å². The molecule has 9 heteroatoms. The predicted molar refractivity (Wildman–Crippen MR) is 81.2 cm³/mol. The zero-order valence-electron chi connectivity index (χ0n) is 11.1. The van der Waals surface area contributed by atoms with Crippen molar-refractivity contribution in [2.75, 3.05) is 31.2 Å². The Labute approximate surface area is 133 Å². The summed E-state index contributed by atoms with van der Waals surface area (Å²) in [6.45, 7) is 1.45. The van der Waals surface area contributed by atoms with Crippen molar-refractivity contribution in [3.8, 4) is 0 Å². The van der Waals surface area contributed by atoms with E-state index in [0.29, 0.717) is 25.4 Å². The Morgan fingerprint density at radius 3 is 2.81 bits per heavy atom. The average molecular weight is 355 g/mol. The lowest BCUT2D eigenvalue weighted by Gasteiger charge is -2.35. The lowest BCUT2D eigenvalue weighted by atomic mass is 10.2. The lowest BCUT2D eigenvalue weighted by Crippen LogP contribution is -2.44. The average Bonchev–Trinajstić information content (AvgIpc) is 2.44. The van der Waals surface area contributed by atoms with Gasteiger partial charge >= 0.3 is 0 Å². The van der Waals surface area contributed by atoms with Crippen molar-refractivity contribution >= 4 is 38.9 Å². The summed E-state index contributed by atoms with van der Waals surface area (Å²) in [5.74, 6) is 0. The molecule has 0 spiro atoms. The van der Waals surface area contributed by atoms with Gasteiger partial charge < -0.3 is 14.4 Å². The Bertz CT molecular complexity index is 582. The number of halogens is 2. The van der Waals surface area contributed by atoms with Gasteiger partial charge in [0, 0.05) is 6.54 Å². The van der Waals surface area contributed by atoms with Gasteiger partial charge in [-0.15, -0.1) is 23.2 Å². The number of benzene rings is 1. The Hall–Kier alpha value is -0.570. The summed E-state index contributed by atoms with van der Waals surface area (Å²) in [4.78, 5) is 1.30. The van der Waals surface area contributed by atoms with Crippen molar-refractivity contribution in [3.63, 3.8) is 0 Å². The molecule has 21 heavy (non-hydrogen) atoms. The summed E-state index contributed by atoms with van der Waals surface area (Å²) in [6.07, 6.45) is -0.521. The molecule has 0 amide bonds. The van der Waals surface area contributed by atoms with Gasteiger partial charge in [0.2, 0.25) is 10.0 Å². The van der Waals surface area contributed by atoms with Crippen LogP contribution in [0.2, 0.25) is 0 Å². The number of nitrogens with two attached hydrogens (primary N) is 1. The number of ether oxygens (including phenoxy) is 2. The second-order valence-corrected chi connectivity index (χ2v) is 7.29. The first-order valence-corrected chi connectivity index (χ1v) is 8.68. The third-order valence-electron chi connectivity index (χ3n) is 2.95. The molecule has 118 valence electrons. The summed E-state index contributed by atoms with van der Waals surface area (Å²) in [5.41, 5.74) is 0.533. The molecule has 2 N–H and O–H groups in total. The van der Waals surface area contributed by atoms with E-state index in [1.807, 2.05) is 4.90 Å². The molecule has 0 bridgehead atoms. The van der Waals surface area contributed by atoms with Gasteiger partial charge in [0.15, 0.2) is 6.29 Å². The van der Waals surface area contributed by atoms with Crippen LogP contribution in [0.4, 0.5) is 5.69 Å². The molecule has 2 rings (SSSR count). The van der Waals surface area contributed by atoms with E-state index in [1.54, 1.807) is 18.2 Å². The van der Waals surface area contributed by atoms with Crippen LogP contribution in [-0.4, -0.2) is 45.8 Å². The van der Waals surface area contributed by atoms with Crippen LogP contribution in [0.3, 0.4) is 0 Å². The predicted octanol–water partition coefficient (Wildman–Crippen LogP) is 1.32. The summed E-state index contributed by atoms with van der Waals surface area (Å²) in [6, 6.07) is 6.56. The van der Waals surface area contributed by atoms with Crippen molar-refractivity contribution in [1.82, 2.24) is 0 Å². The van der Waals surface area contributed by atoms with E-state index in [9.17, 15) is 8.42 Å². The maximum Gasteiger partial charge on any atom is 0.240 e. The number of morpholine rings is 1. The van der Waals surface area contributed by atoms with Crippen LogP contribution >= 0.6 is 23.2 Å². The number of alkyl halides is 2. The maximum absolute atomic E-state index is 11.6. The number of rotatable bonds is 5. The molecule has 1 heterocycles. The van der Waals surface area contributed by atoms with Gasteiger partial charge in [-0.2, -0.15) is 0 Å². The molecule has 0 radical (unpaired) electrons. The minimum atomic E-state index is -3.79. The molecule has 1 unspecified atom stereocenters. The molecule has 0 saturated carbocycles. The Morgan fingerprint density at radius 2 is 2.14 bits per heavy atom. The number of sulfonamides is 1. The maximum atomic E-state index is 11.6. The van der Waals surface area contributed by atoms with Crippen molar-refractivity contribution < 1.29 is 17.9 Å². The van der Waals surface area contributed by atoms with Gasteiger partial charge in [0.05, 0.1) is 25.4 Å². The number of primary sulfonamides is 1. The first kappa shape index (κ1) is 16.8. The number of nitrogens with zero attached hydrogens (tertiary/aromatic N) is 1. The highest BCUT2D eigenvalue weighted by molar-refractivity contribution is 7.89. The van der Waals surface area contributed by atoms with E-state index >= 15 is 0 Å². The van der Waals surface area contributed by atoms with Gasteiger partial charge in [0.1, 0.15) is 9.73 Å². The van der Waals surface area contributed by atoms with Crippen LogP contribution in [0.25, 0.3) is 0 Å². The minimum absolute atomic E-state index is 0.0817. The number of para-hydroxylation sites is 1. The summed E-state index contributed by atoms with van der Waals surface area (Å²) >= 11 is 11.2. The van der Waals surface area contributed by atoms with Gasteiger partial charge in [-0.1, -0.05) is 12.1 Å². The zero-order valence-corrected chi connectivity index (χ0v) is 13.4. The van der Waals surface area contributed by atoms with E-state index < -0.39 is 21.1 Å². The zero-order chi connectivity index (χ0) is 15.5. The van der Waals surface area contributed by atoms with Crippen LogP contribution in [0.5, 0.6) is 0 Å². The molecule has 1 aliphatic rings. The molecule has 1 saturated heterocycles. The van der Waals surface area contributed by atoms with Crippen LogP contribution in [0.15, 0.2) is 29.2 Å². The van der Waals surface area contributed by atoms with Crippen LogP contribution in [0, 0.1) is 0 Å². The van der Waals surface area contributed by atoms with E-state index in [4.69, 9.17) is 37.8 Å². The number of hydrogen-bond acceptors (Lipinski definition) is 5. The molecule has 1 aromatic rings. The fourth-order valence-corrected chi connectivity index (χ4v) is 2.98. The van der Waals surface area contributed by atoms with Crippen LogP contribution in [-0.2, 0) is 19.5 Å². The molecule has 1 aliphatic heterocycles. The monoisotopic (exact) mass is 354 g/mol. The Morgan fingerprint density at radius 1 is 1.43 bits per heavy atom. The SMILES string of the molecule is NS(=O)(=O)c1ccccc1N1CCOC(OCC(Cl)Cl)C1. The molecule has 0 aliphatic carbocycles. The highest BCUT2D eigenvalue weighted by Crippen LogP contribution is 2.26. The van der Waals surface area contributed by atoms with Crippen LogP contribution in [0.1, 0.15) is 0 Å². The molecule has 1 fully saturated rings. The number of hydrogen-bond donors (Lipinski definition) is 1. The van der Waals surface area contributed by atoms with Crippen molar-refractivity contribution in [2.24, 2.45) is 5.14 Å². The third kappa shape index (κ3) is 4.70. The second-order valence-electron chi connectivity index (χ2n) is 4.48. The minimum Gasteiger partial charge on any atom is -0.363 e. The fourth-order valence-electron chi connectivity index (χ4n) is 2.08. The standard InChI is InChI=1S/C12H16Cl2N2O4S/c13-11(14)8-20-12-7-16(5-6-19-12)9-3-1-2-4-10(9)21(15,17)18/h1-4,11-12H,5-8H2,(H2,15,17,18). The second kappa shape index (κ2) is 7.13. The highest BCUT2D eigenvalue weighted by atomic mass is 35.5. The highest BCUT2D eigenvalue weighted by Gasteiger charge is 2.25. The molecule has 0 aromatic heterocycles. The Kier molecular flexibility index (Phi) is 5.70. The first-order chi connectivity index (χ1) is 9.88.